The Morgan fingerprint density at radius 1 is 1.07 bits per heavy atom. The molecule has 0 aromatic heterocycles. The van der Waals surface area contributed by atoms with Crippen LogP contribution in [0.4, 0.5) is 4.79 Å². The third kappa shape index (κ3) is 10.5. The van der Waals surface area contributed by atoms with Crippen LogP contribution in [0.1, 0.15) is 53.4 Å². The number of carbonyl (C=O) groups is 5. The molecule has 0 fully saturated rings. The standard InChI is InChI=1S/C32H46N4O9/c1-17-13-21-27(34)23(37)16-22(28(21)39)36-31(40)18(2)9-7-10-24(42-5)29(45-32(35)41)19(3)15-20(4)30(25(14-17)43-6)44-26(38)11-8-12-33/h7,9-10,15-17,20,24-25,29-30H,8,11-14,33-34H2,1-6H3,(H2,35,41)(H,36,40)/b10-7-,18-9+,19-15+/t17-,20+,24-,25+,29+,30+/m1/s1. The van der Waals surface area contributed by atoms with Gasteiger partial charge in [-0.1, -0.05) is 38.2 Å². The molecule has 13 heteroatoms. The Morgan fingerprint density at radius 3 is 2.36 bits per heavy atom. The maximum atomic E-state index is 13.4. The predicted octanol–water partition coefficient (Wildman–Crippen LogP) is 2.01. The highest BCUT2D eigenvalue weighted by atomic mass is 16.6. The van der Waals surface area contributed by atoms with Gasteiger partial charge < -0.3 is 41.5 Å². The van der Waals surface area contributed by atoms with Crippen molar-refractivity contribution in [3.05, 3.63) is 58.5 Å². The first-order valence-electron chi connectivity index (χ1n) is 14.8. The highest BCUT2D eigenvalue weighted by Gasteiger charge is 2.35. The van der Waals surface area contributed by atoms with Crippen LogP contribution in [0.15, 0.2) is 58.5 Å². The van der Waals surface area contributed by atoms with Crippen molar-refractivity contribution >= 4 is 29.5 Å². The van der Waals surface area contributed by atoms with Crippen LogP contribution in [0.25, 0.3) is 0 Å². The van der Waals surface area contributed by atoms with Crippen LogP contribution in [0.5, 0.6) is 0 Å². The number of methoxy groups -OCH3 is 2. The van der Waals surface area contributed by atoms with Crippen molar-refractivity contribution in [3.63, 3.8) is 0 Å². The van der Waals surface area contributed by atoms with Crippen LogP contribution in [0, 0.1) is 11.8 Å². The van der Waals surface area contributed by atoms with Crippen LogP contribution in [0.2, 0.25) is 0 Å². The van der Waals surface area contributed by atoms with E-state index in [9.17, 15) is 24.0 Å². The first kappa shape index (κ1) is 37.1. The van der Waals surface area contributed by atoms with Crippen LogP contribution in [-0.4, -0.2) is 74.7 Å². The molecule has 0 radical (unpaired) electrons. The molecule has 1 heterocycles. The Kier molecular flexibility index (Phi) is 14.4. The first-order valence-corrected chi connectivity index (χ1v) is 14.8. The molecule has 2 amide bonds. The lowest BCUT2D eigenvalue weighted by atomic mass is 9.85. The fourth-order valence-corrected chi connectivity index (χ4v) is 5.23. The normalized spacial score (nSPS) is 30.3. The number of ketones is 2. The van der Waals surface area contributed by atoms with Crippen LogP contribution >= 0.6 is 0 Å². The lowest BCUT2D eigenvalue weighted by molar-refractivity contribution is -0.160. The van der Waals surface area contributed by atoms with E-state index in [1.165, 1.54) is 33.3 Å². The molecule has 2 aliphatic rings. The molecule has 0 unspecified atom stereocenters. The molecule has 0 spiro atoms. The smallest absolute Gasteiger partial charge is 0.405 e. The van der Waals surface area contributed by atoms with Gasteiger partial charge in [0.2, 0.25) is 11.6 Å². The lowest BCUT2D eigenvalue weighted by Gasteiger charge is -2.32. The molecule has 7 N–H and O–H groups in total. The molecule has 248 valence electrons. The summed E-state index contributed by atoms with van der Waals surface area (Å²) >= 11 is 0. The number of nitrogens with two attached hydrogens (primary N) is 3. The summed E-state index contributed by atoms with van der Waals surface area (Å²) < 4.78 is 22.8. The quantitative estimate of drug-likeness (QED) is 0.181. The number of nitrogens with one attached hydrogen (secondary N) is 1. The zero-order chi connectivity index (χ0) is 33.8. The highest BCUT2D eigenvalue weighted by molar-refractivity contribution is 6.23. The van der Waals surface area contributed by atoms with E-state index in [1.54, 1.807) is 19.1 Å². The van der Waals surface area contributed by atoms with E-state index in [4.69, 9.17) is 36.1 Å². The summed E-state index contributed by atoms with van der Waals surface area (Å²) in [6, 6.07) is 0. The molecule has 0 saturated carbocycles. The van der Waals surface area contributed by atoms with Crippen LogP contribution in [-0.2, 0) is 38.1 Å². The summed E-state index contributed by atoms with van der Waals surface area (Å²) in [5.41, 5.74) is 17.5. The zero-order valence-corrected chi connectivity index (χ0v) is 26.8. The Hall–Kier alpha value is -4.07. The van der Waals surface area contributed by atoms with Gasteiger partial charge in [0, 0.05) is 43.8 Å². The Morgan fingerprint density at radius 2 is 1.76 bits per heavy atom. The Labute approximate surface area is 263 Å². The monoisotopic (exact) mass is 630 g/mol. The number of rotatable bonds is 7. The summed E-state index contributed by atoms with van der Waals surface area (Å²) in [5.74, 6) is -2.98. The molecule has 1 aliphatic carbocycles. The number of ether oxygens (including phenoxy) is 4. The maximum Gasteiger partial charge on any atom is 0.405 e. The van der Waals surface area contributed by atoms with Gasteiger partial charge in [-0.25, -0.2) is 4.79 Å². The fraction of sp³-hybridized carbons (Fsp3) is 0.531. The van der Waals surface area contributed by atoms with E-state index in [0.717, 1.165) is 6.08 Å². The molecule has 2 bridgehead atoms. The average Bonchev–Trinajstić information content (AvgIpc) is 2.98. The van der Waals surface area contributed by atoms with Crippen LogP contribution < -0.4 is 22.5 Å². The van der Waals surface area contributed by atoms with Crippen molar-refractivity contribution < 1.29 is 42.9 Å². The van der Waals surface area contributed by atoms with Gasteiger partial charge in [0.05, 0.1) is 17.5 Å². The van der Waals surface area contributed by atoms with E-state index in [0.29, 0.717) is 25.0 Å². The molecule has 0 saturated heterocycles. The third-order valence-corrected chi connectivity index (χ3v) is 7.65. The van der Waals surface area contributed by atoms with Crippen molar-refractivity contribution in [1.82, 2.24) is 5.32 Å². The van der Waals surface area contributed by atoms with Crippen molar-refractivity contribution in [1.29, 1.82) is 0 Å². The van der Waals surface area contributed by atoms with Crippen molar-refractivity contribution in [3.8, 4) is 0 Å². The summed E-state index contributed by atoms with van der Waals surface area (Å²) in [6.07, 6.45) is 4.03. The van der Waals surface area contributed by atoms with E-state index in [2.05, 4.69) is 5.32 Å². The van der Waals surface area contributed by atoms with E-state index >= 15 is 0 Å². The van der Waals surface area contributed by atoms with Gasteiger partial charge in [0.15, 0.2) is 6.10 Å². The second-order valence-electron chi connectivity index (χ2n) is 11.3. The van der Waals surface area contributed by atoms with Crippen molar-refractivity contribution in [2.75, 3.05) is 20.8 Å². The van der Waals surface area contributed by atoms with Gasteiger partial charge >= 0.3 is 12.1 Å². The number of esters is 1. The van der Waals surface area contributed by atoms with E-state index < -0.39 is 59.9 Å². The number of allylic oxidation sites excluding steroid dienone is 4. The Balaban J connectivity index is 2.68. The van der Waals surface area contributed by atoms with Gasteiger partial charge in [-0.15, -0.1) is 0 Å². The Bertz CT molecular complexity index is 1300. The molecule has 13 nitrogen and oxygen atoms in total. The lowest BCUT2D eigenvalue weighted by Crippen LogP contribution is -2.40. The maximum absolute atomic E-state index is 13.4. The molecular weight excluding hydrogens is 584 g/mol. The third-order valence-electron chi connectivity index (χ3n) is 7.65. The zero-order valence-electron chi connectivity index (χ0n) is 26.8. The van der Waals surface area contributed by atoms with Crippen LogP contribution in [0.3, 0.4) is 0 Å². The van der Waals surface area contributed by atoms with E-state index in [1.807, 2.05) is 13.8 Å². The van der Waals surface area contributed by atoms with Gasteiger partial charge in [0.1, 0.15) is 12.2 Å². The minimum Gasteiger partial charge on any atom is -0.459 e. The summed E-state index contributed by atoms with van der Waals surface area (Å²) in [4.78, 5) is 63.7. The molecular formula is C32H46N4O9. The first-order chi connectivity index (χ1) is 21.2. The minimum absolute atomic E-state index is 0.0780. The SMILES string of the molecule is CO[C@H]1C[C@H](C)CC2=C(N)C(=O)C=C(NC(=O)/C(C)=C/C=C\[C@@H](OC)[C@@H](OC(N)=O)/C(C)=C/[C@H](C)[C@@H]1OC(=O)CCCN)C2=O. The molecule has 6 atom stereocenters. The number of amides is 2. The molecule has 2 rings (SSSR count). The second kappa shape index (κ2) is 17.4. The minimum atomic E-state index is -1.03. The average molecular weight is 631 g/mol. The molecule has 0 aromatic carbocycles. The predicted molar refractivity (Wildman–Crippen MR) is 166 cm³/mol. The van der Waals surface area contributed by atoms with Crippen molar-refractivity contribution in [2.24, 2.45) is 29.0 Å². The number of hydrogen-bond donors (Lipinski definition) is 4. The fourth-order valence-electron chi connectivity index (χ4n) is 5.23. The number of hydrogen-bond acceptors (Lipinski definition) is 11. The summed E-state index contributed by atoms with van der Waals surface area (Å²) in [7, 11) is 2.90. The summed E-state index contributed by atoms with van der Waals surface area (Å²) in [6.45, 7) is 7.24. The highest BCUT2D eigenvalue weighted by Crippen LogP contribution is 2.29. The van der Waals surface area contributed by atoms with Crippen molar-refractivity contribution in [2.45, 2.75) is 77.8 Å². The summed E-state index contributed by atoms with van der Waals surface area (Å²) in [5, 5.41) is 2.51. The molecule has 45 heavy (non-hydrogen) atoms. The van der Waals surface area contributed by atoms with E-state index in [-0.39, 0.29) is 41.3 Å². The number of fused-ring (bicyclic) bond motifs is 2. The number of carbonyl (C=O) groups excluding carboxylic acids is 5. The van der Waals surface area contributed by atoms with Gasteiger partial charge in [-0.05, 0) is 51.1 Å². The van der Waals surface area contributed by atoms with Gasteiger partial charge in [-0.2, -0.15) is 0 Å². The molecule has 1 aliphatic heterocycles. The topological polar surface area (TPSA) is 212 Å². The number of Topliss-reactive ketones (excluding diaryl/α,β-unsaturated/α-hetero) is 1. The molecule has 0 aromatic rings. The largest absolute Gasteiger partial charge is 0.459 e. The van der Waals surface area contributed by atoms with Gasteiger partial charge in [-0.3, -0.25) is 19.2 Å². The van der Waals surface area contributed by atoms with Gasteiger partial charge in [0.25, 0.3) is 5.91 Å². The second-order valence-corrected chi connectivity index (χ2v) is 11.3. The number of primary amides is 1.